The molecule has 1 amide bonds. The zero-order chi connectivity index (χ0) is 18.2. The van der Waals surface area contributed by atoms with Crippen LogP contribution in [-0.4, -0.2) is 43.0 Å². The van der Waals surface area contributed by atoms with Crippen LogP contribution in [0, 0.1) is 0 Å². The molecule has 0 aliphatic carbocycles. The predicted molar refractivity (Wildman–Crippen MR) is 102 cm³/mol. The number of methoxy groups -OCH3 is 1. The Bertz CT molecular complexity index is 668. The van der Waals surface area contributed by atoms with Crippen LogP contribution in [0.4, 0.5) is 0 Å². The predicted octanol–water partition coefficient (Wildman–Crippen LogP) is 3.07. The molecule has 0 fully saturated rings. The summed E-state index contributed by atoms with van der Waals surface area (Å²) >= 11 is 1.69. The van der Waals surface area contributed by atoms with Crippen molar-refractivity contribution in [2.24, 2.45) is 0 Å². The molecule has 2 aromatic rings. The zero-order valence-corrected chi connectivity index (χ0v) is 16.2. The second-order valence-corrected chi connectivity index (χ2v) is 7.34. The fraction of sp³-hybridized carbons (Fsp3) is 0.474. The van der Waals surface area contributed by atoms with Gasteiger partial charge >= 0.3 is 0 Å². The van der Waals surface area contributed by atoms with Crippen molar-refractivity contribution in [3.8, 4) is 5.75 Å². The number of likely N-dealkylation sites (N-methyl/N-ethyl adjacent to an activating group) is 1. The molecule has 0 saturated heterocycles. The van der Waals surface area contributed by atoms with Crippen LogP contribution < -0.4 is 10.1 Å². The minimum absolute atomic E-state index is 0.0373. The number of benzene rings is 1. The summed E-state index contributed by atoms with van der Waals surface area (Å²) < 4.78 is 5.14. The lowest BCUT2D eigenvalue weighted by Gasteiger charge is -2.15. The summed E-state index contributed by atoms with van der Waals surface area (Å²) in [5.74, 6) is 1.33. The van der Waals surface area contributed by atoms with Gasteiger partial charge in [0, 0.05) is 24.4 Å². The molecular weight excluding hydrogens is 334 g/mol. The number of nitrogens with one attached hydrogen (secondary N) is 1. The zero-order valence-electron chi connectivity index (χ0n) is 15.4. The van der Waals surface area contributed by atoms with Crippen molar-refractivity contribution in [3.63, 3.8) is 0 Å². The van der Waals surface area contributed by atoms with E-state index in [-0.39, 0.29) is 5.91 Å². The molecule has 2 rings (SSSR count). The van der Waals surface area contributed by atoms with Crippen LogP contribution in [0.25, 0.3) is 0 Å². The van der Waals surface area contributed by atoms with Crippen molar-refractivity contribution >= 4 is 17.2 Å². The van der Waals surface area contributed by atoms with Crippen molar-refractivity contribution in [1.82, 2.24) is 15.2 Å². The van der Waals surface area contributed by atoms with Crippen molar-refractivity contribution in [2.75, 3.05) is 27.2 Å². The lowest BCUT2D eigenvalue weighted by molar-refractivity contribution is -0.122. The number of ether oxygens (including phenoxy) is 1. The summed E-state index contributed by atoms with van der Waals surface area (Å²) in [6.07, 6.45) is 0.809. The van der Waals surface area contributed by atoms with Crippen LogP contribution in [0.15, 0.2) is 29.6 Å². The molecule has 0 bridgehead atoms. The summed E-state index contributed by atoms with van der Waals surface area (Å²) in [5, 5.41) is 6.19. The summed E-state index contributed by atoms with van der Waals surface area (Å²) in [7, 11) is 3.60. The molecule has 25 heavy (non-hydrogen) atoms. The van der Waals surface area contributed by atoms with Crippen molar-refractivity contribution in [3.05, 3.63) is 45.9 Å². The number of carbonyl (C=O) groups is 1. The molecule has 5 nitrogen and oxygen atoms in total. The number of amides is 1. The van der Waals surface area contributed by atoms with E-state index in [9.17, 15) is 4.79 Å². The molecule has 0 radical (unpaired) electrons. The summed E-state index contributed by atoms with van der Waals surface area (Å²) in [5.41, 5.74) is 2.21. The molecule has 1 N–H and O–H groups in total. The second kappa shape index (κ2) is 9.53. The number of rotatable bonds is 9. The first-order valence-electron chi connectivity index (χ1n) is 8.50. The van der Waals surface area contributed by atoms with Gasteiger partial charge in [0.25, 0.3) is 0 Å². The lowest BCUT2D eigenvalue weighted by Crippen LogP contribution is -2.35. The Morgan fingerprint density at radius 3 is 2.64 bits per heavy atom. The summed E-state index contributed by atoms with van der Waals surface area (Å²) in [4.78, 5) is 18.7. The first kappa shape index (κ1) is 19.4. The average molecular weight is 362 g/mol. The Balaban J connectivity index is 1.69. The number of aromatic nitrogens is 1. The highest BCUT2D eigenvalue weighted by Gasteiger charge is 2.10. The smallest absolute Gasteiger partial charge is 0.234 e. The Kier molecular flexibility index (Phi) is 7.40. The molecule has 0 unspecified atom stereocenters. The van der Waals surface area contributed by atoms with E-state index in [1.54, 1.807) is 18.4 Å². The first-order chi connectivity index (χ1) is 12.0. The van der Waals surface area contributed by atoms with Gasteiger partial charge in [-0.3, -0.25) is 9.69 Å². The number of carbonyl (C=O) groups excluding carboxylic acids is 1. The molecule has 0 saturated carbocycles. The van der Waals surface area contributed by atoms with Gasteiger partial charge in [-0.1, -0.05) is 26.0 Å². The number of hydrogen-bond acceptors (Lipinski definition) is 5. The van der Waals surface area contributed by atoms with E-state index in [0.717, 1.165) is 22.9 Å². The average Bonchev–Trinajstić information content (AvgIpc) is 3.04. The van der Waals surface area contributed by atoms with Crippen LogP contribution >= 0.6 is 11.3 Å². The number of hydrogen-bond donors (Lipinski definition) is 1. The molecule has 1 heterocycles. The van der Waals surface area contributed by atoms with Gasteiger partial charge in [-0.05, 0) is 31.2 Å². The standard InChI is InChI=1S/C19H27N3O2S/c1-14(2)19-21-16(13-25-19)11-22(3)12-18(23)20-10-9-15-5-7-17(24-4)8-6-15/h5-8,13-14H,9-12H2,1-4H3,(H,20,23). The van der Waals surface area contributed by atoms with Gasteiger partial charge in [0.2, 0.25) is 5.91 Å². The maximum atomic E-state index is 12.1. The maximum Gasteiger partial charge on any atom is 0.234 e. The molecule has 0 aliphatic heterocycles. The Morgan fingerprint density at radius 2 is 2.04 bits per heavy atom. The quantitative estimate of drug-likeness (QED) is 0.746. The molecule has 1 aromatic heterocycles. The van der Waals surface area contributed by atoms with Gasteiger partial charge in [-0.25, -0.2) is 4.98 Å². The summed E-state index contributed by atoms with van der Waals surface area (Å²) in [6, 6.07) is 7.91. The van der Waals surface area contributed by atoms with Crippen LogP contribution in [-0.2, 0) is 17.8 Å². The van der Waals surface area contributed by atoms with Crippen molar-refractivity contribution in [2.45, 2.75) is 32.7 Å². The largest absolute Gasteiger partial charge is 0.497 e. The van der Waals surface area contributed by atoms with Gasteiger partial charge in [-0.15, -0.1) is 11.3 Å². The SMILES string of the molecule is COc1ccc(CCNC(=O)CN(C)Cc2csc(C(C)C)n2)cc1. The highest BCUT2D eigenvalue weighted by molar-refractivity contribution is 7.09. The molecular formula is C19H27N3O2S. The first-order valence-corrected chi connectivity index (χ1v) is 9.38. The second-order valence-electron chi connectivity index (χ2n) is 6.45. The van der Waals surface area contributed by atoms with Gasteiger partial charge in [0.1, 0.15) is 5.75 Å². The third-order valence-electron chi connectivity index (χ3n) is 3.80. The molecule has 0 atom stereocenters. The van der Waals surface area contributed by atoms with Crippen LogP contribution in [0.2, 0.25) is 0 Å². The Hall–Kier alpha value is -1.92. The normalized spacial score (nSPS) is 11.1. The third-order valence-corrected chi connectivity index (χ3v) is 5.00. The van der Waals surface area contributed by atoms with Crippen molar-refractivity contribution in [1.29, 1.82) is 0 Å². The minimum Gasteiger partial charge on any atom is -0.497 e. The Labute approximate surface area is 154 Å². The van der Waals surface area contributed by atoms with E-state index >= 15 is 0 Å². The van der Waals surface area contributed by atoms with Crippen molar-refractivity contribution < 1.29 is 9.53 Å². The van der Waals surface area contributed by atoms with E-state index < -0.39 is 0 Å². The third kappa shape index (κ3) is 6.48. The number of nitrogens with zero attached hydrogens (tertiary/aromatic N) is 2. The minimum atomic E-state index is 0.0373. The Morgan fingerprint density at radius 1 is 1.32 bits per heavy atom. The highest BCUT2D eigenvalue weighted by Crippen LogP contribution is 2.19. The van der Waals surface area contributed by atoms with Gasteiger partial charge in [0.05, 0.1) is 24.4 Å². The van der Waals surface area contributed by atoms with E-state index in [4.69, 9.17) is 4.74 Å². The van der Waals surface area contributed by atoms with Gasteiger partial charge in [0.15, 0.2) is 0 Å². The number of thiazole rings is 1. The molecule has 136 valence electrons. The highest BCUT2D eigenvalue weighted by atomic mass is 32.1. The fourth-order valence-corrected chi connectivity index (χ4v) is 3.26. The van der Waals surface area contributed by atoms with Gasteiger partial charge < -0.3 is 10.1 Å². The van der Waals surface area contributed by atoms with Crippen LogP contribution in [0.3, 0.4) is 0 Å². The molecule has 0 aliphatic rings. The monoisotopic (exact) mass is 361 g/mol. The molecule has 6 heteroatoms. The fourth-order valence-electron chi connectivity index (χ4n) is 2.43. The van der Waals surface area contributed by atoms with E-state index in [0.29, 0.717) is 25.6 Å². The summed E-state index contributed by atoms with van der Waals surface area (Å²) in [6.45, 7) is 5.98. The maximum absolute atomic E-state index is 12.1. The molecule has 0 spiro atoms. The van der Waals surface area contributed by atoms with E-state index in [1.807, 2.05) is 36.2 Å². The molecule has 1 aromatic carbocycles. The van der Waals surface area contributed by atoms with Gasteiger partial charge in [-0.2, -0.15) is 0 Å². The lowest BCUT2D eigenvalue weighted by atomic mass is 10.1. The van der Waals surface area contributed by atoms with Crippen LogP contribution in [0.5, 0.6) is 5.75 Å². The van der Waals surface area contributed by atoms with Crippen LogP contribution in [0.1, 0.15) is 36.0 Å². The van der Waals surface area contributed by atoms with E-state index in [2.05, 4.69) is 29.5 Å². The van der Waals surface area contributed by atoms with E-state index in [1.165, 1.54) is 5.56 Å². The topological polar surface area (TPSA) is 54.5 Å².